The Bertz CT molecular complexity index is 1960. The molecule has 43 heavy (non-hydrogen) atoms. The first kappa shape index (κ1) is 25.8. The number of hydrogen-bond donors (Lipinski definition) is 2. The molecule has 5 aromatic carbocycles. The van der Waals surface area contributed by atoms with Crippen LogP contribution >= 0.6 is 11.8 Å². The fraction of sp³-hybridized carbons (Fsp3) is 0.0769. The molecular formula is C39H28N2OS. The zero-order valence-corrected chi connectivity index (χ0v) is 24.2. The lowest BCUT2D eigenvalue weighted by molar-refractivity contribution is 0.436. The predicted molar refractivity (Wildman–Crippen MR) is 178 cm³/mol. The standard InChI is InChI=1S/C39H28N2OS/c40-33(25-10-2-1-3-11-25)19-20-34(41)38-23-22-37(43-38)26-18-21-36-32(24-26)39(31-16-8-9-17-35(31)42-36)29-14-6-4-12-27(29)28-13-5-7-15-30(28)39/h1-22,24,38,40-41H,23H2/b20-19-,40-33?,41-34?. The Balaban J connectivity index is 1.17. The van der Waals surface area contributed by atoms with Crippen molar-refractivity contribution in [2.45, 2.75) is 17.1 Å². The first-order chi connectivity index (χ1) is 21.1. The van der Waals surface area contributed by atoms with Gasteiger partial charge < -0.3 is 15.6 Å². The van der Waals surface area contributed by atoms with Gasteiger partial charge in [-0.3, -0.25) is 0 Å². The quantitative estimate of drug-likeness (QED) is 0.202. The van der Waals surface area contributed by atoms with Crippen LogP contribution in [-0.2, 0) is 5.41 Å². The summed E-state index contributed by atoms with van der Waals surface area (Å²) in [4.78, 5) is 1.18. The predicted octanol–water partition coefficient (Wildman–Crippen LogP) is 9.65. The topological polar surface area (TPSA) is 56.9 Å². The van der Waals surface area contributed by atoms with Crippen molar-refractivity contribution in [3.05, 3.63) is 173 Å². The second-order valence-electron chi connectivity index (χ2n) is 11.1. The van der Waals surface area contributed by atoms with Crippen LogP contribution in [0.2, 0.25) is 0 Å². The van der Waals surface area contributed by atoms with Crippen LogP contribution < -0.4 is 4.74 Å². The Hall–Kier alpha value is -4.93. The van der Waals surface area contributed by atoms with Crippen molar-refractivity contribution in [1.82, 2.24) is 0 Å². The van der Waals surface area contributed by atoms with Gasteiger partial charge in [0.15, 0.2) is 0 Å². The molecule has 1 atom stereocenters. The summed E-state index contributed by atoms with van der Waals surface area (Å²) in [6.07, 6.45) is 6.56. The summed E-state index contributed by atoms with van der Waals surface area (Å²) in [5.74, 6) is 1.77. The van der Waals surface area contributed by atoms with Crippen LogP contribution in [0.25, 0.3) is 16.0 Å². The summed E-state index contributed by atoms with van der Waals surface area (Å²) in [5, 5.41) is 17.2. The minimum absolute atomic E-state index is 0.0183. The normalized spacial score (nSPS) is 17.0. The lowest BCUT2D eigenvalue weighted by atomic mass is 9.66. The molecule has 0 saturated carbocycles. The van der Waals surface area contributed by atoms with Gasteiger partial charge in [0.05, 0.1) is 16.4 Å². The third-order valence-electron chi connectivity index (χ3n) is 8.78. The Kier molecular flexibility index (Phi) is 6.06. The molecule has 206 valence electrons. The van der Waals surface area contributed by atoms with Gasteiger partial charge >= 0.3 is 0 Å². The van der Waals surface area contributed by atoms with Crippen LogP contribution in [0.1, 0.15) is 39.8 Å². The summed E-state index contributed by atoms with van der Waals surface area (Å²) in [6, 6.07) is 42.2. The SMILES string of the molecule is N=C(/C=C\C(=N)C1CC=C(c2ccc3c(c2)C2(c4ccccc4O3)c3ccccc3-c3ccccc32)S1)c1ccccc1. The van der Waals surface area contributed by atoms with Crippen LogP contribution in [0.15, 0.2) is 140 Å². The van der Waals surface area contributed by atoms with Gasteiger partial charge in [-0.25, -0.2) is 0 Å². The summed E-state index contributed by atoms with van der Waals surface area (Å²) in [6.45, 7) is 0. The Morgan fingerprint density at radius 2 is 1.30 bits per heavy atom. The molecule has 2 N–H and O–H groups in total. The maximum atomic E-state index is 8.76. The molecule has 2 aliphatic heterocycles. The molecule has 3 aliphatic rings. The molecule has 4 heteroatoms. The van der Waals surface area contributed by atoms with E-state index >= 15 is 0 Å². The molecule has 0 amide bonds. The van der Waals surface area contributed by atoms with E-state index in [0.29, 0.717) is 11.4 Å². The van der Waals surface area contributed by atoms with Crippen molar-refractivity contribution < 1.29 is 4.74 Å². The molecule has 0 saturated heterocycles. The largest absolute Gasteiger partial charge is 0.457 e. The van der Waals surface area contributed by atoms with Gasteiger partial charge in [0.2, 0.25) is 0 Å². The number of para-hydroxylation sites is 1. The van der Waals surface area contributed by atoms with Gasteiger partial charge in [-0.05, 0) is 70.2 Å². The van der Waals surface area contributed by atoms with Crippen LogP contribution in [-0.4, -0.2) is 16.7 Å². The van der Waals surface area contributed by atoms with Gasteiger partial charge in [0, 0.05) is 21.7 Å². The van der Waals surface area contributed by atoms with E-state index in [-0.39, 0.29) is 5.25 Å². The fourth-order valence-electron chi connectivity index (χ4n) is 6.84. The van der Waals surface area contributed by atoms with E-state index in [4.69, 9.17) is 15.6 Å². The molecule has 3 nitrogen and oxygen atoms in total. The average Bonchev–Trinajstić information content (AvgIpc) is 3.67. The molecule has 0 bridgehead atoms. The summed E-state index contributed by atoms with van der Waals surface area (Å²) >= 11 is 1.73. The third-order valence-corrected chi connectivity index (χ3v) is 10.2. The minimum Gasteiger partial charge on any atom is -0.457 e. The van der Waals surface area contributed by atoms with Gasteiger partial charge in [-0.2, -0.15) is 0 Å². The van der Waals surface area contributed by atoms with Crippen LogP contribution in [0.5, 0.6) is 11.5 Å². The fourth-order valence-corrected chi connectivity index (χ4v) is 8.00. The van der Waals surface area contributed by atoms with Gasteiger partial charge in [-0.1, -0.05) is 109 Å². The lowest BCUT2D eigenvalue weighted by Crippen LogP contribution is -2.32. The number of ether oxygens (including phenoxy) is 1. The van der Waals surface area contributed by atoms with E-state index in [9.17, 15) is 0 Å². The summed E-state index contributed by atoms with van der Waals surface area (Å²) in [7, 11) is 0. The van der Waals surface area contributed by atoms with Crippen molar-refractivity contribution in [2.24, 2.45) is 0 Å². The van der Waals surface area contributed by atoms with Gasteiger partial charge in [-0.15, -0.1) is 11.8 Å². The number of nitrogens with one attached hydrogen (secondary N) is 2. The molecule has 1 unspecified atom stereocenters. The summed E-state index contributed by atoms with van der Waals surface area (Å²) in [5.41, 5.74) is 9.87. The van der Waals surface area contributed by atoms with E-state index in [2.05, 4.69) is 91.0 Å². The van der Waals surface area contributed by atoms with Crippen LogP contribution in [0.3, 0.4) is 0 Å². The number of allylic oxidation sites excluding steroid dienone is 3. The molecule has 1 aliphatic carbocycles. The van der Waals surface area contributed by atoms with E-state index in [1.807, 2.05) is 36.4 Å². The van der Waals surface area contributed by atoms with Crippen LogP contribution in [0.4, 0.5) is 0 Å². The lowest BCUT2D eigenvalue weighted by Gasteiger charge is -2.39. The van der Waals surface area contributed by atoms with Crippen molar-refractivity contribution in [3.63, 3.8) is 0 Å². The monoisotopic (exact) mass is 572 g/mol. The zero-order chi connectivity index (χ0) is 29.0. The molecule has 0 radical (unpaired) electrons. The van der Waals surface area contributed by atoms with Crippen molar-refractivity contribution in [2.75, 3.05) is 0 Å². The number of rotatable bonds is 5. The number of fused-ring (bicyclic) bond motifs is 9. The average molecular weight is 573 g/mol. The highest BCUT2D eigenvalue weighted by molar-refractivity contribution is 8.09. The molecule has 0 aromatic heterocycles. The molecule has 0 fully saturated rings. The minimum atomic E-state index is -0.482. The van der Waals surface area contributed by atoms with Crippen molar-refractivity contribution in [3.8, 4) is 22.6 Å². The van der Waals surface area contributed by atoms with Crippen molar-refractivity contribution >= 4 is 28.1 Å². The number of hydrogen-bond acceptors (Lipinski definition) is 4. The maximum Gasteiger partial charge on any atom is 0.132 e. The van der Waals surface area contributed by atoms with E-state index in [1.165, 1.54) is 27.2 Å². The second-order valence-corrected chi connectivity index (χ2v) is 12.4. The first-order valence-electron chi connectivity index (χ1n) is 14.5. The molecular weight excluding hydrogens is 545 g/mol. The molecule has 1 spiro atoms. The third kappa shape index (κ3) is 3.98. The smallest absolute Gasteiger partial charge is 0.132 e. The number of thioether (sulfide) groups is 1. The van der Waals surface area contributed by atoms with E-state index in [0.717, 1.165) is 40.2 Å². The van der Waals surface area contributed by atoms with E-state index in [1.54, 1.807) is 23.9 Å². The zero-order valence-electron chi connectivity index (χ0n) is 23.4. The Morgan fingerprint density at radius 1 is 0.674 bits per heavy atom. The summed E-state index contributed by atoms with van der Waals surface area (Å²) < 4.78 is 6.57. The maximum absolute atomic E-state index is 8.76. The Labute approximate surface area is 255 Å². The highest BCUT2D eigenvalue weighted by Gasteiger charge is 2.51. The van der Waals surface area contributed by atoms with Crippen molar-refractivity contribution in [1.29, 1.82) is 10.8 Å². The molecule has 5 aromatic rings. The highest BCUT2D eigenvalue weighted by Crippen LogP contribution is 2.62. The van der Waals surface area contributed by atoms with Gasteiger partial charge in [0.25, 0.3) is 0 Å². The van der Waals surface area contributed by atoms with E-state index < -0.39 is 5.41 Å². The van der Waals surface area contributed by atoms with Crippen LogP contribution in [0, 0.1) is 10.8 Å². The van der Waals surface area contributed by atoms with Gasteiger partial charge in [0.1, 0.15) is 11.5 Å². The number of benzene rings is 5. The molecule has 8 rings (SSSR count). The Morgan fingerprint density at radius 3 is 2.05 bits per heavy atom. The first-order valence-corrected chi connectivity index (χ1v) is 15.4. The second kappa shape index (κ2) is 10.1. The highest BCUT2D eigenvalue weighted by atomic mass is 32.2. The molecule has 2 heterocycles.